The van der Waals surface area contributed by atoms with Gasteiger partial charge in [-0.2, -0.15) is 0 Å². The van der Waals surface area contributed by atoms with Crippen LogP contribution in [0.25, 0.3) is 0 Å². The van der Waals surface area contributed by atoms with Crippen LogP contribution in [0, 0.1) is 11.8 Å². The second-order valence-electron chi connectivity index (χ2n) is 3.55. The smallest absolute Gasteiger partial charge is 0.407 e. The van der Waals surface area contributed by atoms with Gasteiger partial charge in [0, 0.05) is 25.4 Å². The molecule has 2 fully saturated rings. The minimum atomic E-state index is -0.854. The summed E-state index contributed by atoms with van der Waals surface area (Å²) in [5.41, 5.74) is 0. The molecule has 0 spiro atoms. The Bertz CT molecular complexity index is 238. The lowest BCUT2D eigenvalue weighted by atomic mass is 9.68. The lowest BCUT2D eigenvalue weighted by Gasteiger charge is -2.42. The molecule has 12 heavy (non-hydrogen) atoms. The highest BCUT2D eigenvalue weighted by Crippen LogP contribution is 2.37. The van der Waals surface area contributed by atoms with Crippen molar-refractivity contribution in [2.75, 3.05) is 13.1 Å². The highest BCUT2D eigenvalue weighted by Gasteiger charge is 2.43. The number of carbonyl (C=O) groups excluding carboxylic acids is 1. The van der Waals surface area contributed by atoms with Crippen LogP contribution >= 0.6 is 0 Å². The number of nitrogens with zero attached hydrogens (tertiary/aromatic N) is 1. The molecule has 4 nitrogen and oxygen atoms in total. The van der Waals surface area contributed by atoms with Crippen molar-refractivity contribution < 1.29 is 14.7 Å². The van der Waals surface area contributed by atoms with E-state index < -0.39 is 6.09 Å². The Morgan fingerprint density at radius 1 is 1.58 bits per heavy atom. The Morgan fingerprint density at radius 3 is 2.83 bits per heavy atom. The number of carbonyl (C=O) groups is 2. The van der Waals surface area contributed by atoms with Crippen LogP contribution in [0.5, 0.6) is 0 Å². The fourth-order valence-corrected chi connectivity index (χ4v) is 2.09. The first-order valence-electron chi connectivity index (χ1n) is 4.19. The monoisotopic (exact) mass is 169 g/mol. The van der Waals surface area contributed by atoms with Crippen LogP contribution in [-0.4, -0.2) is 35.0 Å². The molecule has 0 bridgehead atoms. The van der Waals surface area contributed by atoms with E-state index in [9.17, 15) is 9.59 Å². The van der Waals surface area contributed by atoms with E-state index in [1.165, 1.54) is 4.90 Å². The number of Topliss-reactive ketones (excluding diaryl/α,β-unsaturated/α-hetero) is 1. The average Bonchev–Trinajstić information content (AvgIpc) is 2.01. The standard InChI is InChI=1S/C8H11NO3/c10-7-3-5-4-9(8(11)12)2-1-6(5)7/h5-6H,1-4H2,(H,11,12)/t5-,6+/m1/s1. The number of piperidine rings is 1. The molecule has 2 aliphatic rings. The van der Waals surface area contributed by atoms with Gasteiger partial charge in [0.25, 0.3) is 0 Å². The Kier molecular flexibility index (Phi) is 1.56. The topological polar surface area (TPSA) is 57.6 Å². The van der Waals surface area contributed by atoms with Crippen LogP contribution in [0.15, 0.2) is 0 Å². The predicted octanol–water partition coefficient (Wildman–Crippen LogP) is 0.575. The van der Waals surface area contributed by atoms with E-state index in [1.807, 2.05) is 0 Å². The molecular weight excluding hydrogens is 158 g/mol. The van der Waals surface area contributed by atoms with Crippen molar-refractivity contribution in [1.29, 1.82) is 0 Å². The molecule has 1 heterocycles. The molecule has 1 saturated heterocycles. The van der Waals surface area contributed by atoms with E-state index in [4.69, 9.17) is 5.11 Å². The van der Waals surface area contributed by atoms with Crippen molar-refractivity contribution >= 4 is 11.9 Å². The quantitative estimate of drug-likeness (QED) is 0.577. The lowest BCUT2D eigenvalue weighted by Crippen LogP contribution is -2.51. The third kappa shape index (κ3) is 0.983. The number of likely N-dealkylation sites (tertiary alicyclic amines) is 1. The highest BCUT2D eigenvalue weighted by molar-refractivity contribution is 5.88. The minimum absolute atomic E-state index is 0.181. The maximum absolute atomic E-state index is 11.0. The fraction of sp³-hybridized carbons (Fsp3) is 0.750. The van der Waals surface area contributed by atoms with Gasteiger partial charge in [-0.05, 0) is 12.3 Å². The van der Waals surface area contributed by atoms with Gasteiger partial charge in [-0.25, -0.2) is 4.79 Å². The maximum atomic E-state index is 11.0. The molecule has 0 unspecified atom stereocenters. The first-order chi connectivity index (χ1) is 5.68. The molecule has 0 aromatic carbocycles. The molecule has 0 radical (unpaired) electrons. The second-order valence-corrected chi connectivity index (χ2v) is 3.55. The van der Waals surface area contributed by atoms with E-state index in [-0.39, 0.29) is 5.92 Å². The SMILES string of the molecule is O=C1C[C@@H]2CN(C(=O)O)CC[C@H]12. The normalized spacial score (nSPS) is 34.0. The van der Waals surface area contributed by atoms with Crippen molar-refractivity contribution in [2.45, 2.75) is 12.8 Å². The van der Waals surface area contributed by atoms with Crippen molar-refractivity contribution in [3.63, 3.8) is 0 Å². The summed E-state index contributed by atoms with van der Waals surface area (Å²) in [4.78, 5) is 22.9. The Labute approximate surface area is 70.2 Å². The van der Waals surface area contributed by atoms with Gasteiger partial charge in [0.05, 0.1) is 0 Å². The molecule has 1 aliphatic heterocycles. The zero-order chi connectivity index (χ0) is 8.72. The van der Waals surface area contributed by atoms with Crippen LogP contribution < -0.4 is 0 Å². The maximum Gasteiger partial charge on any atom is 0.407 e. The number of ketones is 1. The Balaban J connectivity index is 1.97. The number of fused-ring (bicyclic) bond motifs is 1. The van der Waals surface area contributed by atoms with Crippen molar-refractivity contribution in [2.24, 2.45) is 11.8 Å². The molecule has 4 heteroatoms. The third-order valence-electron chi connectivity index (χ3n) is 2.88. The van der Waals surface area contributed by atoms with Crippen LogP contribution in [0.4, 0.5) is 4.79 Å². The average molecular weight is 169 g/mol. The van der Waals surface area contributed by atoms with Gasteiger partial charge in [-0.15, -0.1) is 0 Å². The summed E-state index contributed by atoms with van der Waals surface area (Å²) in [6.45, 7) is 1.09. The van der Waals surface area contributed by atoms with Crippen molar-refractivity contribution in [3.8, 4) is 0 Å². The fourth-order valence-electron chi connectivity index (χ4n) is 2.09. The first kappa shape index (κ1) is 7.58. The molecule has 1 N–H and O–H groups in total. The zero-order valence-corrected chi connectivity index (χ0v) is 6.69. The summed E-state index contributed by atoms with van der Waals surface area (Å²) >= 11 is 0. The van der Waals surface area contributed by atoms with Crippen LogP contribution in [0.3, 0.4) is 0 Å². The summed E-state index contributed by atoms with van der Waals surface area (Å²) in [5, 5.41) is 8.67. The third-order valence-corrected chi connectivity index (χ3v) is 2.88. The molecule has 0 aromatic heterocycles. The van der Waals surface area contributed by atoms with Crippen LogP contribution in [-0.2, 0) is 4.79 Å². The molecule has 1 aliphatic carbocycles. The number of hydrogen-bond donors (Lipinski definition) is 1. The van der Waals surface area contributed by atoms with E-state index in [1.54, 1.807) is 0 Å². The molecule has 2 rings (SSSR count). The van der Waals surface area contributed by atoms with E-state index in [0.29, 0.717) is 31.2 Å². The van der Waals surface area contributed by atoms with Gasteiger partial charge in [-0.1, -0.05) is 0 Å². The summed E-state index contributed by atoms with van der Waals surface area (Å²) in [7, 11) is 0. The van der Waals surface area contributed by atoms with Crippen LogP contribution in [0.2, 0.25) is 0 Å². The molecular formula is C8H11NO3. The number of hydrogen-bond acceptors (Lipinski definition) is 2. The zero-order valence-electron chi connectivity index (χ0n) is 6.69. The van der Waals surface area contributed by atoms with Crippen molar-refractivity contribution in [1.82, 2.24) is 4.90 Å². The molecule has 0 aromatic rings. The summed E-state index contributed by atoms with van der Waals surface area (Å²) in [6.07, 6.45) is 0.470. The molecule has 1 saturated carbocycles. The lowest BCUT2D eigenvalue weighted by molar-refractivity contribution is -0.137. The first-order valence-corrected chi connectivity index (χ1v) is 4.19. The van der Waals surface area contributed by atoms with Gasteiger partial charge in [0.15, 0.2) is 0 Å². The highest BCUT2D eigenvalue weighted by atomic mass is 16.4. The largest absolute Gasteiger partial charge is 0.465 e. The molecule has 1 amide bonds. The number of rotatable bonds is 0. The van der Waals surface area contributed by atoms with Gasteiger partial charge in [0.1, 0.15) is 5.78 Å². The van der Waals surface area contributed by atoms with Crippen molar-refractivity contribution in [3.05, 3.63) is 0 Å². The van der Waals surface area contributed by atoms with E-state index in [0.717, 1.165) is 6.42 Å². The summed E-state index contributed by atoms with van der Waals surface area (Å²) in [6, 6.07) is 0. The minimum Gasteiger partial charge on any atom is -0.465 e. The number of carboxylic acid groups (broad SMARTS) is 1. The van der Waals surface area contributed by atoms with Gasteiger partial charge >= 0.3 is 6.09 Å². The number of amides is 1. The molecule has 2 atom stereocenters. The van der Waals surface area contributed by atoms with E-state index >= 15 is 0 Å². The Morgan fingerprint density at radius 2 is 2.33 bits per heavy atom. The predicted molar refractivity (Wildman–Crippen MR) is 40.8 cm³/mol. The van der Waals surface area contributed by atoms with E-state index in [2.05, 4.69) is 0 Å². The summed E-state index contributed by atoms with van der Waals surface area (Å²) < 4.78 is 0. The van der Waals surface area contributed by atoms with Gasteiger partial charge < -0.3 is 10.0 Å². The Hall–Kier alpha value is -1.06. The summed E-state index contributed by atoms with van der Waals surface area (Å²) in [5.74, 6) is 0.827. The van der Waals surface area contributed by atoms with Gasteiger partial charge in [-0.3, -0.25) is 4.79 Å². The van der Waals surface area contributed by atoms with Crippen LogP contribution in [0.1, 0.15) is 12.8 Å². The van der Waals surface area contributed by atoms with Gasteiger partial charge in [0.2, 0.25) is 0 Å². The molecule has 66 valence electrons. The second kappa shape index (κ2) is 2.47.